The molecule has 0 spiro atoms. The summed E-state index contributed by atoms with van der Waals surface area (Å²) < 4.78 is 48.4. The molecule has 0 bridgehead atoms. The van der Waals surface area contributed by atoms with E-state index in [1.165, 1.54) is 20.1 Å². The Morgan fingerprint density at radius 2 is 1.49 bits per heavy atom. The predicted octanol–water partition coefficient (Wildman–Crippen LogP) is 7.42. The predicted molar refractivity (Wildman–Crippen MR) is 274 cm³/mol. The number of methoxy groups -OCH3 is 1. The van der Waals surface area contributed by atoms with Gasteiger partial charge in [-0.05, 0) is 134 Å². The minimum absolute atomic E-state index is 0.0456. The van der Waals surface area contributed by atoms with Crippen LogP contribution in [-0.2, 0) is 38.7 Å². The number of amides is 1. The Balaban J connectivity index is 0.979. The number of nitrogens with zero attached hydrogens (tertiary/aromatic N) is 1. The average molecular weight is 1030 g/mol. The number of carbonyl (C=O) groups excluding carboxylic acids is 4. The highest BCUT2D eigenvalue weighted by Gasteiger charge is 2.50. The van der Waals surface area contributed by atoms with Gasteiger partial charge in [0, 0.05) is 42.0 Å². The van der Waals surface area contributed by atoms with E-state index in [0.29, 0.717) is 65.3 Å². The molecule has 3 N–H and O–H groups in total. The standard InChI is InChI=1S/C59H67NO15/c1-30-14-45-46(15-30)56(65)53(58(67)74-40-10-9-11-41(23-40)75-59-54(63)35(6)34(5)36(7)73-59)44-24-52(51(68-8)25-47(44)55(45)64)72-29-38-18-37(19-42(20-38)70-13-12-69-27-33(4)61)28-71-50-22-39-21-49(62)48-16-31(2)26-60(48)57(66)43(39)17-32(50)3/h9-11,17-20,22-25,34-36,45-46,48-49,53-54,56,59,62-63,65H,1-2,12-16,21,26-29H2,3-8H3/t34?,35-,36+,45?,46?,48?,49?,53?,54?,56?,59-/m0/s1. The van der Waals surface area contributed by atoms with E-state index in [2.05, 4.69) is 13.2 Å². The average Bonchev–Trinajstić information content (AvgIpc) is 3.94. The third-order valence-electron chi connectivity index (χ3n) is 15.5. The van der Waals surface area contributed by atoms with Gasteiger partial charge in [0.15, 0.2) is 23.1 Å². The van der Waals surface area contributed by atoms with Crippen LogP contribution in [0, 0.1) is 30.6 Å². The van der Waals surface area contributed by atoms with Crippen LogP contribution in [0.1, 0.15) is 101 Å². The van der Waals surface area contributed by atoms with Crippen LogP contribution < -0.4 is 28.4 Å². The number of fused-ring (bicyclic) bond motifs is 4. The highest BCUT2D eigenvalue weighted by atomic mass is 16.7. The molecule has 0 radical (unpaired) electrons. The molecule has 9 rings (SSSR count). The number of aliphatic hydroxyl groups excluding tert-OH is 3. The van der Waals surface area contributed by atoms with Gasteiger partial charge < -0.3 is 58.1 Å². The van der Waals surface area contributed by atoms with Crippen molar-refractivity contribution in [2.75, 3.05) is 33.5 Å². The van der Waals surface area contributed by atoms with E-state index in [9.17, 15) is 34.5 Å². The first kappa shape index (κ1) is 53.3. The second-order valence-corrected chi connectivity index (χ2v) is 21.0. The zero-order valence-corrected chi connectivity index (χ0v) is 43.4. The smallest absolute Gasteiger partial charge is 0.321 e. The van der Waals surface area contributed by atoms with Crippen molar-refractivity contribution in [3.8, 4) is 34.5 Å². The van der Waals surface area contributed by atoms with E-state index in [1.807, 2.05) is 52.0 Å². The molecule has 3 aliphatic heterocycles. The number of esters is 1. The van der Waals surface area contributed by atoms with Crippen LogP contribution in [0.2, 0.25) is 0 Å². The lowest BCUT2D eigenvalue weighted by molar-refractivity contribution is -0.233. The summed E-state index contributed by atoms with van der Waals surface area (Å²) in [6, 6.07) is 18.3. The van der Waals surface area contributed by atoms with Gasteiger partial charge in [-0.2, -0.15) is 0 Å². The fraction of sp³-hybridized carbons (Fsp3) is 0.458. The molecule has 2 saturated heterocycles. The minimum atomic E-state index is -1.34. The fourth-order valence-corrected chi connectivity index (χ4v) is 11.2. The molecular formula is C59H67NO15. The Morgan fingerprint density at radius 1 is 0.760 bits per heavy atom. The molecule has 4 aromatic carbocycles. The number of allylic oxidation sites excluding steroid dienone is 1. The topological polar surface area (TPSA) is 206 Å². The minimum Gasteiger partial charge on any atom is -0.493 e. The zero-order chi connectivity index (χ0) is 53.4. The zero-order valence-electron chi connectivity index (χ0n) is 43.4. The monoisotopic (exact) mass is 1030 g/mol. The van der Waals surface area contributed by atoms with Gasteiger partial charge in [-0.25, -0.2) is 0 Å². The third kappa shape index (κ3) is 11.4. The summed E-state index contributed by atoms with van der Waals surface area (Å²) in [5, 5.41) is 34.4. The van der Waals surface area contributed by atoms with E-state index in [0.717, 1.165) is 16.7 Å². The van der Waals surface area contributed by atoms with Crippen molar-refractivity contribution in [2.45, 2.75) is 116 Å². The molecule has 3 heterocycles. The normalized spacial score (nSPS) is 27.1. The Kier molecular flexibility index (Phi) is 15.9. The summed E-state index contributed by atoms with van der Waals surface area (Å²) in [6.45, 7) is 18.1. The van der Waals surface area contributed by atoms with E-state index < -0.39 is 48.3 Å². The molecule has 2 aliphatic carbocycles. The highest BCUT2D eigenvalue weighted by molar-refractivity contribution is 6.03. The first-order valence-corrected chi connectivity index (χ1v) is 25.7. The molecule has 16 nitrogen and oxygen atoms in total. The molecule has 398 valence electrons. The van der Waals surface area contributed by atoms with Gasteiger partial charge in [0.05, 0.1) is 38.1 Å². The summed E-state index contributed by atoms with van der Waals surface area (Å²) in [4.78, 5) is 56.0. The number of aryl methyl sites for hydroxylation is 1. The number of benzene rings is 4. The van der Waals surface area contributed by atoms with Gasteiger partial charge in [-0.3, -0.25) is 19.2 Å². The maximum atomic E-state index is 14.6. The van der Waals surface area contributed by atoms with Gasteiger partial charge in [0.1, 0.15) is 61.4 Å². The van der Waals surface area contributed by atoms with Crippen molar-refractivity contribution in [3.63, 3.8) is 0 Å². The van der Waals surface area contributed by atoms with Gasteiger partial charge in [-0.15, -0.1) is 0 Å². The molecule has 0 aromatic heterocycles. The van der Waals surface area contributed by atoms with Gasteiger partial charge in [0.25, 0.3) is 5.91 Å². The molecule has 4 aromatic rings. The highest BCUT2D eigenvalue weighted by Crippen LogP contribution is 2.49. The number of hydrogen-bond donors (Lipinski definition) is 3. The molecular weight excluding hydrogens is 963 g/mol. The first-order chi connectivity index (χ1) is 35.9. The maximum Gasteiger partial charge on any atom is 0.321 e. The molecule has 1 saturated carbocycles. The molecule has 75 heavy (non-hydrogen) atoms. The summed E-state index contributed by atoms with van der Waals surface area (Å²) >= 11 is 0. The number of aliphatic hydroxyl groups is 3. The van der Waals surface area contributed by atoms with Crippen molar-refractivity contribution in [1.82, 2.24) is 4.90 Å². The van der Waals surface area contributed by atoms with E-state index in [1.54, 1.807) is 41.3 Å². The second kappa shape index (κ2) is 22.3. The maximum absolute atomic E-state index is 14.6. The van der Waals surface area contributed by atoms with Crippen LogP contribution in [-0.4, -0.2) is 114 Å². The van der Waals surface area contributed by atoms with Gasteiger partial charge in [-0.1, -0.05) is 44.2 Å². The first-order valence-electron chi connectivity index (χ1n) is 25.7. The number of Topliss-reactive ketones (excluding diaryl/α,β-unsaturated/α-hetero) is 2. The third-order valence-corrected chi connectivity index (χ3v) is 15.5. The number of ketones is 2. The number of carbonyl (C=O) groups is 4. The summed E-state index contributed by atoms with van der Waals surface area (Å²) in [6.07, 6.45) is -2.58. The largest absolute Gasteiger partial charge is 0.493 e. The Bertz CT molecular complexity index is 2880. The summed E-state index contributed by atoms with van der Waals surface area (Å²) in [5.41, 5.74) is 5.44. The lowest BCUT2D eigenvalue weighted by Crippen LogP contribution is -2.50. The van der Waals surface area contributed by atoms with E-state index >= 15 is 0 Å². The fourth-order valence-electron chi connectivity index (χ4n) is 11.2. The number of ether oxygens (including phenoxy) is 8. The van der Waals surface area contributed by atoms with Crippen molar-refractivity contribution < 1.29 is 72.4 Å². The van der Waals surface area contributed by atoms with Crippen molar-refractivity contribution >= 4 is 23.4 Å². The lowest BCUT2D eigenvalue weighted by Gasteiger charge is -2.40. The quantitative estimate of drug-likeness (QED) is 0.0407. The van der Waals surface area contributed by atoms with E-state index in [4.69, 9.17) is 37.9 Å². The van der Waals surface area contributed by atoms with Gasteiger partial charge in [0.2, 0.25) is 6.29 Å². The van der Waals surface area contributed by atoms with Crippen molar-refractivity contribution in [3.05, 3.63) is 130 Å². The summed E-state index contributed by atoms with van der Waals surface area (Å²) in [5.74, 6) is -2.07. The van der Waals surface area contributed by atoms with E-state index in [-0.39, 0.29) is 109 Å². The van der Waals surface area contributed by atoms with Gasteiger partial charge >= 0.3 is 5.97 Å². The van der Waals surface area contributed by atoms with Crippen LogP contribution in [0.15, 0.2) is 91.0 Å². The van der Waals surface area contributed by atoms with Crippen molar-refractivity contribution in [2.24, 2.45) is 23.7 Å². The lowest BCUT2D eigenvalue weighted by atomic mass is 9.83. The van der Waals surface area contributed by atoms with Crippen LogP contribution in [0.25, 0.3) is 0 Å². The van der Waals surface area contributed by atoms with Crippen LogP contribution in [0.5, 0.6) is 34.5 Å². The molecule has 8 unspecified atom stereocenters. The van der Waals surface area contributed by atoms with Crippen LogP contribution in [0.4, 0.5) is 0 Å². The molecule has 16 heteroatoms. The molecule has 5 aliphatic rings. The van der Waals surface area contributed by atoms with Crippen LogP contribution >= 0.6 is 0 Å². The Morgan fingerprint density at radius 3 is 2.23 bits per heavy atom. The number of hydrogen-bond acceptors (Lipinski definition) is 15. The van der Waals surface area contributed by atoms with Crippen LogP contribution in [0.3, 0.4) is 0 Å². The molecule has 1 amide bonds. The Labute approximate surface area is 437 Å². The molecule has 11 atom stereocenters. The Hall–Kier alpha value is -6.56. The second-order valence-electron chi connectivity index (χ2n) is 21.0. The summed E-state index contributed by atoms with van der Waals surface area (Å²) in [7, 11) is 1.45. The number of rotatable bonds is 17. The SMILES string of the molecule is C=C1CC2C(=O)c3cc(OC)c(OCc4cc(COc5cc6c(cc5C)C(=O)N5CC(=C)CC5C(O)C6)cc(OCCOCC(C)=O)c4)cc3C(C(=O)Oc3cccc(O[C@@H]4O[C@H](C)C(C)[C@H](C)C4O)c3)C(O)C2C1. The molecule has 3 fully saturated rings. The van der Waals surface area contributed by atoms with Crippen molar-refractivity contribution in [1.29, 1.82) is 0 Å².